The maximum absolute atomic E-state index is 12.2. The summed E-state index contributed by atoms with van der Waals surface area (Å²) in [5.74, 6) is -0.690. The second-order valence-corrected chi connectivity index (χ2v) is 5.92. The molecular weight excluding hydrogens is 286 g/mol. The topological polar surface area (TPSA) is 86.5 Å². The Morgan fingerprint density at radius 1 is 1.18 bits per heavy atom. The average Bonchev–Trinajstić information content (AvgIpc) is 2.53. The number of esters is 1. The number of hydrogen-bond acceptors (Lipinski definition) is 5. The second-order valence-electron chi connectivity index (χ2n) is 5.92. The maximum atomic E-state index is 12.2. The van der Waals surface area contributed by atoms with Gasteiger partial charge in [-0.25, -0.2) is 4.79 Å². The molecule has 1 aromatic rings. The molecule has 0 aliphatic heterocycles. The van der Waals surface area contributed by atoms with E-state index in [-0.39, 0.29) is 23.6 Å². The quantitative estimate of drug-likeness (QED) is 0.473. The summed E-state index contributed by atoms with van der Waals surface area (Å²) in [4.78, 5) is 34.1. The molecule has 0 atom stereocenters. The van der Waals surface area contributed by atoms with Crippen molar-refractivity contribution in [2.24, 2.45) is 5.41 Å². The zero-order chi connectivity index (χ0) is 16.2. The minimum absolute atomic E-state index is 0.0533. The third-order valence-electron chi connectivity index (χ3n) is 4.28. The first-order valence-electron chi connectivity index (χ1n) is 7.37. The van der Waals surface area contributed by atoms with Gasteiger partial charge >= 0.3 is 5.97 Å². The Balaban J connectivity index is 1.92. The molecule has 2 rings (SSSR count). The Kier molecular flexibility index (Phi) is 4.90. The van der Waals surface area contributed by atoms with Crippen molar-refractivity contribution in [1.29, 1.82) is 0 Å². The Morgan fingerprint density at radius 3 is 2.32 bits per heavy atom. The van der Waals surface area contributed by atoms with E-state index in [1.165, 1.54) is 24.3 Å². The van der Waals surface area contributed by atoms with Gasteiger partial charge in [-0.05, 0) is 25.0 Å². The van der Waals surface area contributed by atoms with Crippen molar-refractivity contribution < 1.29 is 19.2 Å². The fourth-order valence-electron chi connectivity index (χ4n) is 2.72. The van der Waals surface area contributed by atoms with Crippen LogP contribution in [0.4, 0.5) is 5.69 Å². The molecule has 6 heteroatoms. The van der Waals surface area contributed by atoms with Crippen LogP contribution < -0.4 is 0 Å². The van der Waals surface area contributed by atoms with Crippen molar-refractivity contribution in [3.8, 4) is 0 Å². The fourth-order valence-corrected chi connectivity index (χ4v) is 2.72. The number of nitro benzene ring substituents is 1. The summed E-state index contributed by atoms with van der Waals surface area (Å²) >= 11 is 0. The third kappa shape index (κ3) is 3.69. The van der Waals surface area contributed by atoms with Gasteiger partial charge in [0.25, 0.3) is 5.69 Å². The van der Waals surface area contributed by atoms with E-state index in [0.717, 1.165) is 32.1 Å². The van der Waals surface area contributed by atoms with E-state index in [4.69, 9.17) is 4.74 Å². The van der Waals surface area contributed by atoms with Crippen molar-refractivity contribution in [1.82, 2.24) is 0 Å². The summed E-state index contributed by atoms with van der Waals surface area (Å²) in [5.41, 5.74) is -0.289. The maximum Gasteiger partial charge on any atom is 0.338 e. The lowest BCUT2D eigenvalue weighted by Gasteiger charge is -2.31. The Hall–Kier alpha value is -2.24. The summed E-state index contributed by atoms with van der Waals surface area (Å²) in [6.07, 6.45) is 4.87. The summed E-state index contributed by atoms with van der Waals surface area (Å²) in [5, 5.41) is 10.6. The molecule has 22 heavy (non-hydrogen) atoms. The summed E-state index contributed by atoms with van der Waals surface area (Å²) in [7, 11) is 0. The van der Waals surface area contributed by atoms with Crippen LogP contribution in [-0.2, 0) is 9.53 Å². The number of ketones is 1. The van der Waals surface area contributed by atoms with Crippen LogP contribution in [-0.4, -0.2) is 23.3 Å². The number of Topliss-reactive ketones (excluding diaryl/α,β-unsaturated/α-hetero) is 1. The van der Waals surface area contributed by atoms with Gasteiger partial charge in [-0.15, -0.1) is 0 Å². The molecule has 0 unspecified atom stereocenters. The van der Waals surface area contributed by atoms with Crippen LogP contribution in [0.5, 0.6) is 0 Å². The minimum Gasteiger partial charge on any atom is -0.454 e. The van der Waals surface area contributed by atoms with Crippen LogP contribution in [0.15, 0.2) is 24.3 Å². The molecule has 0 heterocycles. The molecule has 1 fully saturated rings. The molecule has 0 amide bonds. The van der Waals surface area contributed by atoms with Gasteiger partial charge in [-0.3, -0.25) is 14.9 Å². The van der Waals surface area contributed by atoms with Gasteiger partial charge < -0.3 is 4.74 Å². The van der Waals surface area contributed by atoms with Crippen molar-refractivity contribution in [3.05, 3.63) is 39.9 Å². The molecule has 1 aliphatic rings. The van der Waals surface area contributed by atoms with Crippen LogP contribution in [0.25, 0.3) is 0 Å². The number of carbonyl (C=O) groups excluding carboxylic acids is 2. The van der Waals surface area contributed by atoms with Crippen LogP contribution in [0, 0.1) is 15.5 Å². The summed E-state index contributed by atoms with van der Waals surface area (Å²) in [6, 6.07) is 5.13. The number of non-ortho nitro benzene ring substituents is 1. The van der Waals surface area contributed by atoms with Gasteiger partial charge in [0.1, 0.15) is 0 Å². The first-order valence-corrected chi connectivity index (χ1v) is 7.37. The highest BCUT2D eigenvalue weighted by Crippen LogP contribution is 2.36. The van der Waals surface area contributed by atoms with Gasteiger partial charge in [-0.1, -0.05) is 26.2 Å². The van der Waals surface area contributed by atoms with Crippen molar-refractivity contribution >= 4 is 17.4 Å². The van der Waals surface area contributed by atoms with E-state index in [9.17, 15) is 19.7 Å². The van der Waals surface area contributed by atoms with Crippen LogP contribution in [0.2, 0.25) is 0 Å². The largest absolute Gasteiger partial charge is 0.454 e. The average molecular weight is 305 g/mol. The molecule has 118 valence electrons. The Labute approximate surface area is 128 Å². The van der Waals surface area contributed by atoms with Crippen molar-refractivity contribution in [2.45, 2.75) is 39.0 Å². The molecule has 1 saturated carbocycles. The van der Waals surface area contributed by atoms with Gasteiger partial charge in [0, 0.05) is 17.5 Å². The highest BCUT2D eigenvalue weighted by Gasteiger charge is 2.34. The van der Waals surface area contributed by atoms with Crippen molar-refractivity contribution in [3.63, 3.8) is 0 Å². The van der Waals surface area contributed by atoms with Gasteiger partial charge in [-0.2, -0.15) is 0 Å². The van der Waals surface area contributed by atoms with Crippen LogP contribution >= 0.6 is 0 Å². The fraction of sp³-hybridized carbons (Fsp3) is 0.500. The molecule has 0 aromatic heterocycles. The van der Waals surface area contributed by atoms with E-state index >= 15 is 0 Å². The van der Waals surface area contributed by atoms with Crippen LogP contribution in [0.1, 0.15) is 49.4 Å². The standard InChI is InChI=1S/C16H19NO5/c1-16(9-3-2-4-10-16)14(18)11-22-15(19)12-5-7-13(8-6-12)17(20)21/h5-8H,2-4,9-11H2,1H3. The van der Waals surface area contributed by atoms with E-state index in [2.05, 4.69) is 0 Å². The molecule has 1 aromatic carbocycles. The molecule has 1 aliphatic carbocycles. The monoisotopic (exact) mass is 305 g/mol. The number of nitro groups is 1. The predicted molar refractivity (Wildman–Crippen MR) is 79.6 cm³/mol. The lowest BCUT2D eigenvalue weighted by molar-refractivity contribution is -0.384. The van der Waals surface area contributed by atoms with E-state index < -0.39 is 16.3 Å². The highest BCUT2D eigenvalue weighted by molar-refractivity contribution is 5.93. The molecule has 0 saturated heterocycles. The lowest BCUT2D eigenvalue weighted by Crippen LogP contribution is -2.33. The number of benzene rings is 1. The number of carbonyl (C=O) groups is 2. The molecule has 0 spiro atoms. The third-order valence-corrected chi connectivity index (χ3v) is 4.28. The number of rotatable bonds is 5. The second kappa shape index (κ2) is 6.68. The van der Waals surface area contributed by atoms with Gasteiger partial charge in [0.05, 0.1) is 10.5 Å². The van der Waals surface area contributed by atoms with Crippen molar-refractivity contribution in [2.75, 3.05) is 6.61 Å². The molecule has 0 bridgehead atoms. The van der Waals surface area contributed by atoms with E-state index in [0.29, 0.717) is 0 Å². The molecule has 6 nitrogen and oxygen atoms in total. The molecular formula is C16H19NO5. The predicted octanol–water partition coefficient (Wildman–Crippen LogP) is 3.29. The number of hydrogen-bond donors (Lipinski definition) is 0. The normalized spacial score (nSPS) is 16.8. The summed E-state index contributed by atoms with van der Waals surface area (Å²) < 4.78 is 5.05. The Morgan fingerprint density at radius 2 is 1.77 bits per heavy atom. The summed E-state index contributed by atoms with van der Waals surface area (Å²) in [6.45, 7) is 1.68. The van der Waals surface area contributed by atoms with Gasteiger partial charge in [0.15, 0.2) is 12.4 Å². The smallest absolute Gasteiger partial charge is 0.338 e. The van der Waals surface area contributed by atoms with Crippen LogP contribution in [0.3, 0.4) is 0 Å². The number of ether oxygens (including phenoxy) is 1. The number of nitrogens with zero attached hydrogens (tertiary/aromatic N) is 1. The first kappa shape index (κ1) is 16.1. The van der Waals surface area contributed by atoms with Gasteiger partial charge in [0.2, 0.25) is 0 Å². The Bertz CT molecular complexity index is 573. The minimum atomic E-state index is -0.636. The lowest BCUT2D eigenvalue weighted by atomic mass is 9.73. The zero-order valence-electron chi connectivity index (χ0n) is 12.5. The highest BCUT2D eigenvalue weighted by atomic mass is 16.6. The van der Waals surface area contributed by atoms with E-state index in [1.54, 1.807) is 0 Å². The SMILES string of the molecule is CC1(C(=O)COC(=O)c2ccc([N+](=O)[O-])cc2)CCCCC1. The molecule has 0 N–H and O–H groups in total. The van der Waals surface area contributed by atoms with E-state index in [1.807, 2.05) is 6.92 Å². The first-order chi connectivity index (χ1) is 10.4. The zero-order valence-corrected chi connectivity index (χ0v) is 12.5. The molecule has 0 radical (unpaired) electrons.